The number of methoxy groups -OCH3 is 1. The number of nitrogens with zero attached hydrogens (tertiary/aromatic N) is 1. The highest BCUT2D eigenvalue weighted by Crippen LogP contribution is 2.40. The van der Waals surface area contributed by atoms with Gasteiger partial charge in [-0.2, -0.15) is 0 Å². The summed E-state index contributed by atoms with van der Waals surface area (Å²) >= 11 is 10.3. The van der Waals surface area contributed by atoms with Gasteiger partial charge in [-0.15, -0.1) is 0 Å². The maximum absolute atomic E-state index is 12.9. The van der Waals surface area contributed by atoms with Gasteiger partial charge in [0.1, 0.15) is 0 Å². The van der Waals surface area contributed by atoms with Crippen LogP contribution in [0.25, 0.3) is 6.08 Å². The number of carbonyl (C=O) groups is 3. The van der Waals surface area contributed by atoms with Crippen molar-refractivity contribution >= 4 is 73.8 Å². The van der Waals surface area contributed by atoms with Gasteiger partial charge in [-0.1, -0.05) is 35.9 Å². The van der Waals surface area contributed by atoms with E-state index in [1.54, 1.807) is 54.6 Å². The Labute approximate surface area is 219 Å². The molecule has 35 heavy (non-hydrogen) atoms. The quantitative estimate of drug-likeness (QED) is 0.331. The van der Waals surface area contributed by atoms with Crippen molar-refractivity contribution in [3.63, 3.8) is 0 Å². The molecule has 1 N–H and O–H groups in total. The molecule has 10 heteroatoms. The Morgan fingerprint density at radius 2 is 1.89 bits per heavy atom. The summed E-state index contributed by atoms with van der Waals surface area (Å²) in [4.78, 5) is 39.0. The number of benzene rings is 3. The first-order valence-corrected chi connectivity index (χ1v) is 12.2. The number of imide groups is 1. The Bertz CT molecular complexity index is 1330. The summed E-state index contributed by atoms with van der Waals surface area (Å²) in [6, 6.07) is 18.9. The summed E-state index contributed by atoms with van der Waals surface area (Å²) in [5.41, 5.74) is 1.67. The molecule has 0 spiro atoms. The zero-order valence-electron chi connectivity index (χ0n) is 18.3. The zero-order chi connectivity index (χ0) is 24.9. The minimum atomic E-state index is -0.449. The predicted molar refractivity (Wildman–Crippen MR) is 141 cm³/mol. The van der Waals surface area contributed by atoms with E-state index in [9.17, 15) is 14.4 Å². The SMILES string of the molecule is COc1cc(/C=C2/SC(=O)N(c3cccc(Cl)c3)C2=O)cc(Br)c1OCC(=O)Nc1ccccc1. The van der Waals surface area contributed by atoms with Gasteiger partial charge in [0.25, 0.3) is 17.1 Å². The van der Waals surface area contributed by atoms with Crippen molar-refractivity contribution < 1.29 is 23.9 Å². The minimum Gasteiger partial charge on any atom is -0.493 e. The van der Waals surface area contributed by atoms with E-state index in [0.717, 1.165) is 16.7 Å². The Kier molecular flexibility index (Phi) is 7.80. The van der Waals surface area contributed by atoms with E-state index < -0.39 is 11.1 Å². The molecule has 0 unspecified atom stereocenters. The van der Waals surface area contributed by atoms with Gasteiger partial charge in [0.05, 0.1) is 22.2 Å². The number of amides is 3. The molecule has 1 fully saturated rings. The third-order valence-corrected chi connectivity index (χ3v) is 6.51. The summed E-state index contributed by atoms with van der Waals surface area (Å²) in [6.45, 7) is -0.234. The highest BCUT2D eigenvalue weighted by Gasteiger charge is 2.36. The number of hydrogen-bond donors (Lipinski definition) is 1. The maximum atomic E-state index is 12.9. The Balaban J connectivity index is 1.51. The molecule has 0 aliphatic carbocycles. The van der Waals surface area contributed by atoms with Crippen molar-refractivity contribution in [3.8, 4) is 11.5 Å². The van der Waals surface area contributed by atoms with Gasteiger partial charge in [0, 0.05) is 10.7 Å². The fourth-order valence-corrected chi connectivity index (χ4v) is 4.88. The second-order valence-corrected chi connectivity index (χ2v) is 9.52. The summed E-state index contributed by atoms with van der Waals surface area (Å²) in [5.74, 6) is -0.0914. The molecular weight excluding hydrogens is 556 g/mol. The molecule has 0 aromatic heterocycles. The van der Waals surface area contributed by atoms with Crippen molar-refractivity contribution in [1.82, 2.24) is 0 Å². The number of para-hydroxylation sites is 1. The van der Waals surface area contributed by atoms with E-state index in [1.165, 1.54) is 7.11 Å². The zero-order valence-corrected chi connectivity index (χ0v) is 21.4. The lowest BCUT2D eigenvalue weighted by Gasteiger charge is -2.14. The summed E-state index contributed by atoms with van der Waals surface area (Å²) in [7, 11) is 1.47. The first-order valence-electron chi connectivity index (χ1n) is 10.2. The molecule has 178 valence electrons. The van der Waals surface area contributed by atoms with Gasteiger partial charge in [0.2, 0.25) is 0 Å². The fraction of sp³-hybridized carbons (Fsp3) is 0.0800. The molecule has 0 radical (unpaired) electrons. The number of ether oxygens (including phenoxy) is 2. The summed E-state index contributed by atoms with van der Waals surface area (Å²) in [5, 5.41) is 2.75. The average molecular weight is 574 g/mol. The second kappa shape index (κ2) is 11.0. The normalized spacial score (nSPS) is 14.4. The van der Waals surface area contributed by atoms with E-state index in [2.05, 4.69) is 21.2 Å². The maximum Gasteiger partial charge on any atom is 0.298 e. The van der Waals surface area contributed by atoms with Crippen LogP contribution in [0, 0.1) is 0 Å². The molecule has 3 aromatic carbocycles. The molecular formula is C25H18BrClN2O5S. The first kappa shape index (κ1) is 24.8. The van der Waals surface area contributed by atoms with Crippen LogP contribution in [0.2, 0.25) is 5.02 Å². The number of halogens is 2. The third-order valence-electron chi connectivity index (χ3n) is 4.81. The van der Waals surface area contributed by atoms with E-state index >= 15 is 0 Å². The van der Waals surface area contributed by atoms with Crippen LogP contribution < -0.4 is 19.7 Å². The lowest BCUT2D eigenvalue weighted by atomic mass is 10.1. The third kappa shape index (κ3) is 5.87. The molecule has 1 aliphatic heterocycles. The number of carbonyl (C=O) groups excluding carboxylic acids is 3. The van der Waals surface area contributed by atoms with Gasteiger partial charge < -0.3 is 14.8 Å². The van der Waals surface area contributed by atoms with Crippen LogP contribution in [-0.2, 0) is 9.59 Å². The van der Waals surface area contributed by atoms with Crippen molar-refractivity contribution in [1.29, 1.82) is 0 Å². The van der Waals surface area contributed by atoms with Crippen molar-refractivity contribution in [2.24, 2.45) is 0 Å². The topological polar surface area (TPSA) is 84.9 Å². The first-order chi connectivity index (χ1) is 16.9. The number of thioether (sulfide) groups is 1. The highest BCUT2D eigenvalue weighted by molar-refractivity contribution is 9.10. The Hall–Kier alpha value is -3.27. The highest BCUT2D eigenvalue weighted by atomic mass is 79.9. The molecule has 3 amide bonds. The molecule has 0 saturated carbocycles. The molecule has 4 rings (SSSR count). The molecule has 0 bridgehead atoms. The molecule has 1 saturated heterocycles. The summed E-state index contributed by atoms with van der Waals surface area (Å²) in [6.07, 6.45) is 1.59. The second-order valence-electron chi connectivity index (χ2n) is 7.23. The van der Waals surface area contributed by atoms with Crippen LogP contribution in [0.1, 0.15) is 5.56 Å². The molecule has 3 aromatic rings. The number of anilines is 2. The minimum absolute atomic E-state index is 0.234. The van der Waals surface area contributed by atoms with E-state index in [1.807, 2.05) is 18.2 Å². The van der Waals surface area contributed by atoms with Gasteiger partial charge in [-0.25, -0.2) is 4.90 Å². The Morgan fingerprint density at radius 1 is 1.11 bits per heavy atom. The van der Waals surface area contributed by atoms with Gasteiger partial charge in [0.15, 0.2) is 18.1 Å². The molecule has 1 heterocycles. The van der Waals surface area contributed by atoms with Crippen LogP contribution >= 0.6 is 39.3 Å². The smallest absolute Gasteiger partial charge is 0.298 e. The molecule has 7 nitrogen and oxygen atoms in total. The number of rotatable bonds is 7. The van der Waals surface area contributed by atoms with Gasteiger partial charge in [-0.05, 0) is 81.8 Å². The predicted octanol–water partition coefficient (Wildman–Crippen LogP) is 6.37. The van der Waals surface area contributed by atoms with Crippen molar-refractivity contribution in [3.05, 3.63) is 86.7 Å². The van der Waals surface area contributed by atoms with Gasteiger partial charge in [-0.3, -0.25) is 14.4 Å². The van der Waals surface area contributed by atoms with Gasteiger partial charge >= 0.3 is 0 Å². The standard InChI is InChI=1S/C25H18BrClN2O5S/c1-33-20-11-15(10-19(26)23(20)34-14-22(30)28-17-7-3-2-4-8-17)12-21-24(31)29(25(32)35-21)18-9-5-6-16(27)13-18/h2-13H,14H2,1H3,(H,28,30)/b21-12+. The summed E-state index contributed by atoms with van der Waals surface area (Å²) < 4.78 is 11.6. The lowest BCUT2D eigenvalue weighted by molar-refractivity contribution is -0.118. The van der Waals surface area contributed by atoms with E-state index in [0.29, 0.717) is 37.9 Å². The van der Waals surface area contributed by atoms with Crippen molar-refractivity contribution in [2.75, 3.05) is 23.9 Å². The number of nitrogens with one attached hydrogen (secondary N) is 1. The largest absolute Gasteiger partial charge is 0.493 e. The monoisotopic (exact) mass is 572 g/mol. The number of hydrogen-bond acceptors (Lipinski definition) is 6. The van der Waals surface area contributed by atoms with Crippen LogP contribution in [0.4, 0.5) is 16.2 Å². The van der Waals surface area contributed by atoms with E-state index in [4.69, 9.17) is 21.1 Å². The average Bonchev–Trinajstić information content (AvgIpc) is 3.11. The van der Waals surface area contributed by atoms with Crippen LogP contribution in [0.5, 0.6) is 11.5 Å². The van der Waals surface area contributed by atoms with Crippen LogP contribution in [0.15, 0.2) is 76.1 Å². The molecule has 1 aliphatic rings. The van der Waals surface area contributed by atoms with E-state index in [-0.39, 0.29) is 17.4 Å². The molecule has 0 atom stereocenters. The van der Waals surface area contributed by atoms with Crippen LogP contribution in [-0.4, -0.2) is 30.8 Å². The van der Waals surface area contributed by atoms with Crippen molar-refractivity contribution in [2.45, 2.75) is 0 Å². The Morgan fingerprint density at radius 3 is 2.60 bits per heavy atom. The lowest BCUT2D eigenvalue weighted by Crippen LogP contribution is -2.27. The fourth-order valence-electron chi connectivity index (χ4n) is 3.28. The van der Waals surface area contributed by atoms with Crippen LogP contribution in [0.3, 0.4) is 0 Å².